The summed E-state index contributed by atoms with van der Waals surface area (Å²) in [5, 5.41) is 16.4. The Labute approximate surface area is 187 Å². The number of imidazole rings is 1. The molecule has 1 aliphatic rings. The van der Waals surface area contributed by atoms with E-state index in [9.17, 15) is 14.7 Å². The standard InChI is InChI=1S/C22H30ClN5O3/c1-22(2,3)18(21(31)24-4)26-20(30)17-15-12-27(5)9-6-10-28(15)19(25-17)14-11-13(23)7-8-16(14)29/h7-8,11,18,29H,6,9-10,12H2,1-5H3,(H,24,31)(H,26,30)/t18-/m1/s1. The highest BCUT2D eigenvalue weighted by molar-refractivity contribution is 6.30. The Morgan fingerprint density at radius 3 is 2.61 bits per heavy atom. The minimum atomic E-state index is -0.728. The summed E-state index contributed by atoms with van der Waals surface area (Å²) >= 11 is 6.16. The van der Waals surface area contributed by atoms with E-state index in [1.165, 1.54) is 6.07 Å². The van der Waals surface area contributed by atoms with Crippen LogP contribution >= 0.6 is 11.6 Å². The predicted molar refractivity (Wildman–Crippen MR) is 120 cm³/mol. The number of carbonyl (C=O) groups is 2. The summed E-state index contributed by atoms with van der Waals surface area (Å²) in [5.74, 6) is -0.159. The second-order valence-corrected chi connectivity index (χ2v) is 9.46. The van der Waals surface area contributed by atoms with Crippen molar-refractivity contribution in [2.45, 2.75) is 46.3 Å². The Morgan fingerprint density at radius 2 is 1.97 bits per heavy atom. The Balaban J connectivity index is 2.10. The summed E-state index contributed by atoms with van der Waals surface area (Å²) in [6, 6.07) is 4.04. The number of rotatable bonds is 4. The first-order valence-corrected chi connectivity index (χ1v) is 10.7. The zero-order valence-corrected chi connectivity index (χ0v) is 19.4. The van der Waals surface area contributed by atoms with Crippen LogP contribution in [-0.4, -0.2) is 58.1 Å². The molecule has 168 valence electrons. The van der Waals surface area contributed by atoms with E-state index < -0.39 is 17.4 Å². The Kier molecular flexibility index (Phi) is 6.62. The number of carbonyl (C=O) groups excluding carboxylic acids is 2. The number of aromatic hydroxyl groups is 1. The summed E-state index contributed by atoms with van der Waals surface area (Å²) in [7, 11) is 3.54. The number of hydrogen-bond donors (Lipinski definition) is 3. The van der Waals surface area contributed by atoms with Gasteiger partial charge in [0.25, 0.3) is 5.91 Å². The van der Waals surface area contributed by atoms with Gasteiger partial charge in [-0.05, 0) is 43.6 Å². The van der Waals surface area contributed by atoms with Gasteiger partial charge in [0, 0.05) is 25.2 Å². The number of nitrogens with zero attached hydrogens (tertiary/aromatic N) is 3. The molecule has 9 heteroatoms. The first-order valence-electron chi connectivity index (χ1n) is 10.3. The molecule has 1 aromatic carbocycles. The number of benzene rings is 1. The van der Waals surface area contributed by atoms with Gasteiger partial charge in [-0.2, -0.15) is 0 Å². The SMILES string of the molecule is CNC(=O)[C@@H](NC(=O)c1nc(-c2cc(Cl)ccc2O)n2c1CN(C)CCC2)C(C)(C)C. The van der Waals surface area contributed by atoms with E-state index in [0.717, 1.165) is 18.7 Å². The molecular weight excluding hydrogens is 418 g/mol. The monoisotopic (exact) mass is 447 g/mol. The molecule has 1 atom stereocenters. The fourth-order valence-corrected chi connectivity index (χ4v) is 3.99. The number of aromatic nitrogens is 2. The largest absolute Gasteiger partial charge is 0.507 e. The molecular formula is C22H30ClN5O3. The molecule has 2 heterocycles. The van der Waals surface area contributed by atoms with Crippen LogP contribution in [0.15, 0.2) is 18.2 Å². The van der Waals surface area contributed by atoms with Gasteiger partial charge in [0.05, 0.1) is 11.3 Å². The molecule has 1 aromatic heterocycles. The molecule has 0 aliphatic carbocycles. The van der Waals surface area contributed by atoms with Gasteiger partial charge in [0.15, 0.2) is 5.69 Å². The molecule has 1 aliphatic heterocycles. The highest BCUT2D eigenvalue weighted by Crippen LogP contribution is 2.34. The van der Waals surface area contributed by atoms with Gasteiger partial charge < -0.3 is 25.2 Å². The van der Waals surface area contributed by atoms with Crippen LogP contribution in [-0.2, 0) is 17.9 Å². The number of likely N-dealkylation sites (N-methyl/N-ethyl adjacent to an activating group) is 1. The Bertz CT molecular complexity index is 996. The summed E-state index contributed by atoms with van der Waals surface area (Å²) in [6.45, 7) is 7.72. The normalized spacial score (nSPS) is 15.7. The fourth-order valence-electron chi connectivity index (χ4n) is 3.81. The van der Waals surface area contributed by atoms with Gasteiger partial charge in [-0.3, -0.25) is 9.59 Å². The van der Waals surface area contributed by atoms with Crippen molar-refractivity contribution in [3.05, 3.63) is 34.6 Å². The lowest BCUT2D eigenvalue weighted by Crippen LogP contribution is -2.53. The second-order valence-electron chi connectivity index (χ2n) is 9.02. The van der Waals surface area contributed by atoms with Crippen LogP contribution < -0.4 is 10.6 Å². The molecule has 0 radical (unpaired) electrons. The minimum Gasteiger partial charge on any atom is -0.507 e. The van der Waals surface area contributed by atoms with Crippen molar-refractivity contribution in [2.75, 3.05) is 20.6 Å². The van der Waals surface area contributed by atoms with Crippen LogP contribution in [0.5, 0.6) is 5.75 Å². The van der Waals surface area contributed by atoms with Gasteiger partial charge >= 0.3 is 0 Å². The zero-order valence-electron chi connectivity index (χ0n) is 18.6. The third-order valence-corrected chi connectivity index (χ3v) is 5.71. The zero-order chi connectivity index (χ0) is 22.9. The molecule has 0 saturated heterocycles. The molecule has 0 fully saturated rings. The highest BCUT2D eigenvalue weighted by Gasteiger charge is 2.35. The van der Waals surface area contributed by atoms with Gasteiger partial charge in [0.2, 0.25) is 5.91 Å². The second kappa shape index (κ2) is 8.88. The first kappa shape index (κ1) is 23.1. The lowest BCUT2D eigenvalue weighted by atomic mass is 9.86. The summed E-state index contributed by atoms with van der Waals surface area (Å²) in [6.07, 6.45) is 0.873. The molecule has 8 nitrogen and oxygen atoms in total. The molecule has 0 unspecified atom stereocenters. The number of phenolic OH excluding ortho intramolecular Hbond substituents is 1. The van der Waals surface area contributed by atoms with Crippen molar-refractivity contribution in [3.63, 3.8) is 0 Å². The molecule has 3 N–H and O–H groups in total. The third kappa shape index (κ3) is 4.85. The van der Waals surface area contributed by atoms with Crippen molar-refractivity contribution in [1.82, 2.24) is 25.1 Å². The summed E-state index contributed by atoms with van der Waals surface area (Å²) in [5.41, 5.74) is 0.978. The lowest BCUT2D eigenvalue weighted by Gasteiger charge is -2.29. The number of nitrogens with one attached hydrogen (secondary N) is 2. The van der Waals surface area contributed by atoms with E-state index in [2.05, 4.69) is 20.5 Å². The predicted octanol–water partition coefficient (Wildman–Crippen LogP) is 2.64. The lowest BCUT2D eigenvalue weighted by molar-refractivity contribution is -0.124. The van der Waals surface area contributed by atoms with Crippen LogP contribution in [0.4, 0.5) is 0 Å². The van der Waals surface area contributed by atoms with E-state index in [1.54, 1.807) is 19.2 Å². The maximum Gasteiger partial charge on any atom is 0.272 e. The molecule has 3 rings (SSSR count). The summed E-state index contributed by atoms with van der Waals surface area (Å²) < 4.78 is 1.97. The molecule has 0 saturated carbocycles. The van der Waals surface area contributed by atoms with E-state index in [1.807, 2.05) is 32.4 Å². The molecule has 31 heavy (non-hydrogen) atoms. The Morgan fingerprint density at radius 1 is 1.26 bits per heavy atom. The van der Waals surface area contributed by atoms with Crippen LogP contribution in [0.1, 0.15) is 43.4 Å². The number of halogens is 1. The van der Waals surface area contributed by atoms with Crippen LogP contribution in [0.2, 0.25) is 5.02 Å². The number of amides is 2. The van der Waals surface area contributed by atoms with Gasteiger partial charge in [-0.25, -0.2) is 4.98 Å². The highest BCUT2D eigenvalue weighted by atomic mass is 35.5. The van der Waals surface area contributed by atoms with E-state index in [0.29, 0.717) is 29.5 Å². The topological polar surface area (TPSA) is 99.5 Å². The number of phenols is 1. The maximum atomic E-state index is 13.3. The van der Waals surface area contributed by atoms with Gasteiger partial charge in [0.1, 0.15) is 17.6 Å². The smallest absolute Gasteiger partial charge is 0.272 e. The van der Waals surface area contributed by atoms with E-state index in [-0.39, 0.29) is 17.4 Å². The van der Waals surface area contributed by atoms with Crippen LogP contribution in [0.25, 0.3) is 11.4 Å². The van der Waals surface area contributed by atoms with Crippen LogP contribution in [0, 0.1) is 5.41 Å². The minimum absolute atomic E-state index is 0.0414. The van der Waals surface area contributed by atoms with Gasteiger partial charge in [-0.1, -0.05) is 32.4 Å². The average molecular weight is 448 g/mol. The van der Waals surface area contributed by atoms with Gasteiger partial charge in [-0.15, -0.1) is 0 Å². The molecule has 2 aromatic rings. The van der Waals surface area contributed by atoms with Crippen LogP contribution in [0.3, 0.4) is 0 Å². The Hall–Kier alpha value is -2.58. The van der Waals surface area contributed by atoms with Crippen molar-refractivity contribution in [3.8, 4) is 17.1 Å². The van der Waals surface area contributed by atoms with E-state index >= 15 is 0 Å². The number of hydrogen-bond acceptors (Lipinski definition) is 5. The van der Waals surface area contributed by atoms with Crippen molar-refractivity contribution < 1.29 is 14.7 Å². The first-order chi connectivity index (χ1) is 14.5. The van der Waals surface area contributed by atoms with E-state index in [4.69, 9.17) is 11.6 Å². The van der Waals surface area contributed by atoms with Crippen molar-refractivity contribution in [1.29, 1.82) is 0 Å². The number of fused-ring (bicyclic) bond motifs is 1. The van der Waals surface area contributed by atoms with Crippen molar-refractivity contribution >= 4 is 23.4 Å². The molecule has 0 bridgehead atoms. The quantitative estimate of drug-likeness (QED) is 0.669. The fraction of sp³-hybridized carbons (Fsp3) is 0.500. The summed E-state index contributed by atoms with van der Waals surface area (Å²) in [4.78, 5) is 32.5. The molecule has 2 amide bonds. The maximum absolute atomic E-state index is 13.3. The van der Waals surface area contributed by atoms with Crippen molar-refractivity contribution in [2.24, 2.45) is 5.41 Å². The average Bonchev–Trinajstić information content (AvgIpc) is 2.92. The third-order valence-electron chi connectivity index (χ3n) is 5.48. The molecule has 0 spiro atoms.